The predicted octanol–water partition coefficient (Wildman–Crippen LogP) is -1.24. The van der Waals surface area contributed by atoms with Crippen LogP contribution < -0.4 is 0 Å². The second-order valence-corrected chi connectivity index (χ2v) is 3.46. The van der Waals surface area contributed by atoms with E-state index in [4.69, 9.17) is 0 Å². The summed E-state index contributed by atoms with van der Waals surface area (Å²) in [5, 5.41) is 0.373. The van der Waals surface area contributed by atoms with Crippen molar-refractivity contribution in [3.63, 3.8) is 0 Å². The Labute approximate surface area is 108 Å². The van der Waals surface area contributed by atoms with Crippen LogP contribution in [0, 0.1) is 0 Å². The molecular weight excluding hydrogens is 262 g/mol. The van der Waals surface area contributed by atoms with E-state index >= 15 is 0 Å². The molecule has 0 N–H and O–H groups in total. The van der Waals surface area contributed by atoms with Crippen LogP contribution in [0.3, 0.4) is 0 Å². The summed E-state index contributed by atoms with van der Waals surface area (Å²) in [6, 6.07) is 0. The lowest BCUT2D eigenvalue weighted by atomic mass is 10.4. The molecule has 1 rings (SSSR count). The molecule has 0 bridgehead atoms. The van der Waals surface area contributed by atoms with Gasteiger partial charge in [0.25, 0.3) is 11.8 Å². The van der Waals surface area contributed by atoms with Gasteiger partial charge >= 0.3 is 11.9 Å². The minimum absolute atomic E-state index is 0.00322. The molecule has 1 aliphatic heterocycles. The summed E-state index contributed by atoms with van der Waals surface area (Å²) in [5.74, 6) is -3.03. The van der Waals surface area contributed by atoms with Crippen LogP contribution in [-0.4, -0.2) is 55.9 Å². The highest BCUT2D eigenvalue weighted by molar-refractivity contribution is 6.01. The number of amides is 2. The van der Waals surface area contributed by atoms with E-state index in [1.807, 2.05) is 0 Å². The molecule has 0 atom stereocenters. The van der Waals surface area contributed by atoms with Gasteiger partial charge < -0.3 is 19.0 Å². The van der Waals surface area contributed by atoms with Crippen LogP contribution in [0.1, 0.15) is 12.8 Å². The molecule has 0 aromatic carbocycles. The first-order valence-electron chi connectivity index (χ1n) is 5.33. The standard InChI is InChI=1S/C10H13NO8/c1-16-6-17-4-9(14)18-5-10(15)19-11-7(12)2-3-8(11)13/h2-6H2,1H3. The van der Waals surface area contributed by atoms with Crippen LogP contribution in [0.4, 0.5) is 0 Å². The normalized spacial score (nSPS) is 14.7. The van der Waals surface area contributed by atoms with Gasteiger partial charge in [-0.25, -0.2) is 9.59 Å². The second-order valence-electron chi connectivity index (χ2n) is 3.46. The molecule has 2 amide bonds. The fourth-order valence-corrected chi connectivity index (χ4v) is 1.18. The molecule has 9 heteroatoms. The van der Waals surface area contributed by atoms with Gasteiger partial charge in [0, 0.05) is 20.0 Å². The number of carbonyl (C=O) groups is 4. The van der Waals surface area contributed by atoms with Gasteiger partial charge in [0.05, 0.1) is 0 Å². The molecule has 106 valence electrons. The van der Waals surface area contributed by atoms with E-state index in [0.717, 1.165) is 0 Å². The van der Waals surface area contributed by atoms with Crippen molar-refractivity contribution in [2.45, 2.75) is 12.8 Å². The Morgan fingerprint density at radius 2 is 1.74 bits per heavy atom. The summed E-state index contributed by atoms with van der Waals surface area (Å²) in [6.45, 7) is -1.19. The van der Waals surface area contributed by atoms with Crippen molar-refractivity contribution in [1.82, 2.24) is 5.06 Å². The van der Waals surface area contributed by atoms with Crippen molar-refractivity contribution in [3.05, 3.63) is 0 Å². The number of nitrogens with zero attached hydrogens (tertiary/aromatic N) is 1. The maximum Gasteiger partial charge on any atom is 0.370 e. The van der Waals surface area contributed by atoms with Crippen LogP contribution in [-0.2, 0) is 38.2 Å². The van der Waals surface area contributed by atoms with E-state index in [0.29, 0.717) is 5.06 Å². The van der Waals surface area contributed by atoms with E-state index in [1.165, 1.54) is 7.11 Å². The van der Waals surface area contributed by atoms with Crippen molar-refractivity contribution < 1.29 is 38.2 Å². The lowest BCUT2D eigenvalue weighted by molar-refractivity contribution is -0.201. The molecule has 0 unspecified atom stereocenters. The van der Waals surface area contributed by atoms with E-state index in [9.17, 15) is 19.2 Å². The summed E-state index contributed by atoms with van der Waals surface area (Å²) in [7, 11) is 1.38. The Morgan fingerprint density at radius 3 is 2.32 bits per heavy atom. The number of imide groups is 1. The van der Waals surface area contributed by atoms with E-state index < -0.39 is 30.4 Å². The molecule has 1 fully saturated rings. The van der Waals surface area contributed by atoms with Crippen molar-refractivity contribution in [2.75, 3.05) is 27.1 Å². The molecule has 9 nitrogen and oxygen atoms in total. The molecule has 19 heavy (non-hydrogen) atoms. The maximum atomic E-state index is 11.2. The highest BCUT2D eigenvalue weighted by Crippen LogP contribution is 2.11. The van der Waals surface area contributed by atoms with Gasteiger partial charge in [-0.2, -0.15) is 0 Å². The lowest BCUT2D eigenvalue weighted by Gasteiger charge is -2.12. The van der Waals surface area contributed by atoms with Crippen molar-refractivity contribution in [1.29, 1.82) is 0 Å². The zero-order valence-corrected chi connectivity index (χ0v) is 10.2. The number of rotatable bonds is 7. The molecular formula is C10H13NO8. The van der Waals surface area contributed by atoms with E-state index in [1.54, 1.807) is 0 Å². The smallest absolute Gasteiger partial charge is 0.370 e. The van der Waals surface area contributed by atoms with Crippen LogP contribution in [0.25, 0.3) is 0 Å². The summed E-state index contributed by atoms with van der Waals surface area (Å²) in [4.78, 5) is 48.9. The third-order valence-corrected chi connectivity index (χ3v) is 1.97. The fourth-order valence-electron chi connectivity index (χ4n) is 1.18. The first-order valence-corrected chi connectivity index (χ1v) is 5.33. The predicted molar refractivity (Wildman–Crippen MR) is 56.0 cm³/mol. The summed E-state index contributed by atoms with van der Waals surface area (Å²) < 4.78 is 13.7. The number of carbonyl (C=O) groups excluding carboxylic acids is 4. The topological polar surface area (TPSA) is 108 Å². The fraction of sp³-hybridized carbons (Fsp3) is 0.600. The summed E-state index contributed by atoms with van der Waals surface area (Å²) >= 11 is 0. The first kappa shape index (κ1) is 15.1. The van der Waals surface area contributed by atoms with E-state index in [2.05, 4.69) is 19.0 Å². The van der Waals surface area contributed by atoms with Gasteiger partial charge in [0.2, 0.25) is 0 Å². The highest BCUT2D eigenvalue weighted by atomic mass is 16.7. The SMILES string of the molecule is COCOCC(=O)OCC(=O)ON1C(=O)CCC1=O. The highest BCUT2D eigenvalue weighted by Gasteiger charge is 2.32. The average molecular weight is 275 g/mol. The van der Waals surface area contributed by atoms with Crippen molar-refractivity contribution >= 4 is 23.8 Å². The molecule has 1 aliphatic rings. The van der Waals surface area contributed by atoms with Gasteiger partial charge in [-0.05, 0) is 0 Å². The molecule has 0 spiro atoms. The molecule has 0 aromatic heterocycles. The number of methoxy groups -OCH3 is 1. The molecule has 0 aliphatic carbocycles. The number of hydroxylamine groups is 2. The van der Waals surface area contributed by atoms with Gasteiger partial charge in [0.1, 0.15) is 13.4 Å². The first-order chi connectivity index (χ1) is 9.04. The van der Waals surface area contributed by atoms with Crippen LogP contribution in [0.2, 0.25) is 0 Å². The van der Waals surface area contributed by atoms with Crippen LogP contribution in [0.15, 0.2) is 0 Å². The molecule has 0 radical (unpaired) electrons. The number of esters is 1. The molecule has 1 heterocycles. The lowest BCUT2D eigenvalue weighted by Crippen LogP contribution is -2.34. The Kier molecular flexibility index (Phi) is 5.90. The number of hydrogen-bond acceptors (Lipinski definition) is 8. The Hall–Kier alpha value is -2.00. The summed E-state index contributed by atoms with van der Waals surface area (Å²) in [5.41, 5.74) is 0. The second kappa shape index (κ2) is 7.44. The minimum atomic E-state index is -1.02. The van der Waals surface area contributed by atoms with Crippen LogP contribution in [0.5, 0.6) is 0 Å². The Balaban J connectivity index is 2.22. The third kappa shape index (κ3) is 5.02. The summed E-state index contributed by atoms with van der Waals surface area (Å²) in [6.07, 6.45) is -0.00643. The maximum absolute atomic E-state index is 11.2. The molecule has 0 aromatic rings. The van der Waals surface area contributed by atoms with Crippen LogP contribution >= 0.6 is 0 Å². The number of hydrogen-bond donors (Lipinski definition) is 0. The van der Waals surface area contributed by atoms with Gasteiger partial charge in [-0.3, -0.25) is 9.59 Å². The Bertz CT molecular complexity index is 364. The Morgan fingerprint density at radius 1 is 1.11 bits per heavy atom. The van der Waals surface area contributed by atoms with Crippen molar-refractivity contribution in [2.24, 2.45) is 0 Å². The quantitative estimate of drug-likeness (QED) is 0.245. The minimum Gasteiger partial charge on any atom is -0.452 e. The van der Waals surface area contributed by atoms with E-state index in [-0.39, 0.29) is 26.2 Å². The van der Waals surface area contributed by atoms with Gasteiger partial charge in [0.15, 0.2) is 6.61 Å². The monoisotopic (exact) mass is 275 g/mol. The van der Waals surface area contributed by atoms with Gasteiger partial charge in [-0.1, -0.05) is 0 Å². The molecule has 0 saturated carbocycles. The zero-order chi connectivity index (χ0) is 14.3. The van der Waals surface area contributed by atoms with Crippen molar-refractivity contribution in [3.8, 4) is 0 Å². The number of ether oxygens (including phenoxy) is 3. The third-order valence-electron chi connectivity index (χ3n) is 1.97. The average Bonchev–Trinajstić information content (AvgIpc) is 2.68. The largest absolute Gasteiger partial charge is 0.452 e. The van der Waals surface area contributed by atoms with Gasteiger partial charge in [-0.15, -0.1) is 5.06 Å². The zero-order valence-electron chi connectivity index (χ0n) is 10.2. The molecule has 1 saturated heterocycles.